The highest BCUT2D eigenvalue weighted by Crippen LogP contribution is 2.00. The smallest absolute Gasteiger partial charge is 0.243 e. The monoisotopic (exact) mass is 213 g/mol. The lowest BCUT2D eigenvalue weighted by atomic mass is 10.2. The first-order valence-corrected chi connectivity index (χ1v) is 4.78. The molecule has 3 amide bonds. The summed E-state index contributed by atoms with van der Waals surface area (Å²) < 4.78 is 0. The lowest BCUT2D eigenvalue weighted by molar-refractivity contribution is -0.133. The van der Waals surface area contributed by atoms with Crippen LogP contribution in [0.15, 0.2) is 0 Å². The molecule has 0 aromatic carbocycles. The van der Waals surface area contributed by atoms with Crippen molar-refractivity contribution in [2.75, 3.05) is 20.6 Å². The van der Waals surface area contributed by atoms with Gasteiger partial charge in [0.1, 0.15) is 6.04 Å². The summed E-state index contributed by atoms with van der Waals surface area (Å²) in [6.45, 7) is 0.331. The number of carbonyl (C=O) groups excluding carboxylic acids is 3. The molecule has 2 N–H and O–H groups in total. The Bertz CT molecular complexity index is 288. The van der Waals surface area contributed by atoms with E-state index in [1.165, 1.54) is 4.90 Å². The zero-order chi connectivity index (χ0) is 11.4. The molecule has 15 heavy (non-hydrogen) atoms. The van der Waals surface area contributed by atoms with E-state index in [-0.39, 0.29) is 30.6 Å². The predicted octanol–water partition coefficient (Wildman–Crippen LogP) is -1.53. The van der Waals surface area contributed by atoms with Gasteiger partial charge in [0.15, 0.2) is 0 Å². The molecule has 1 aliphatic heterocycles. The Morgan fingerprint density at radius 3 is 2.73 bits per heavy atom. The molecule has 6 heteroatoms. The molecule has 0 bridgehead atoms. The number of nitrogens with zero attached hydrogens (tertiary/aromatic N) is 1. The van der Waals surface area contributed by atoms with E-state index in [0.717, 1.165) is 0 Å². The van der Waals surface area contributed by atoms with E-state index in [1.54, 1.807) is 14.1 Å². The minimum Gasteiger partial charge on any atom is -0.354 e. The molecule has 1 aliphatic rings. The lowest BCUT2D eigenvalue weighted by Crippen LogP contribution is -2.45. The minimum atomic E-state index is -0.741. The molecule has 1 rings (SSSR count). The van der Waals surface area contributed by atoms with E-state index in [0.29, 0.717) is 6.54 Å². The third-order valence-electron chi connectivity index (χ3n) is 2.18. The fourth-order valence-corrected chi connectivity index (χ4v) is 1.26. The van der Waals surface area contributed by atoms with Crippen LogP contribution in [0.5, 0.6) is 0 Å². The Morgan fingerprint density at radius 2 is 2.13 bits per heavy atom. The van der Waals surface area contributed by atoms with Gasteiger partial charge in [0.05, 0.1) is 6.42 Å². The molecule has 1 saturated heterocycles. The van der Waals surface area contributed by atoms with Crippen molar-refractivity contribution >= 4 is 17.7 Å². The van der Waals surface area contributed by atoms with Crippen LogP contribution in [0.1, 0.15) is 12.8 Å². The van der Waals surface area contributed by atoms with Crippen LogP contribution in [-0.2, 0) is 14.4 Å². The summed E-state index contributed by atoms with van der Waals surface area (Å²) in [5.74, 6) is -0.682. The molecule has 1 atom stereocenters. The fourth-order valence-electron chi connectivity index (χ4n) is 1.26. The number of rotatable bonds is 2. The second-order valence-electron chi connectivity index (χ2n) is 3.65. The van der Waals surface area contributed by atoms with Crippen LogP contribution in [0.2, 0.25) is 0 Å². The third-order valence-corrected chi connectivity index (χ3v) is 2.18. The maximum absolute atomic E-state index is 11.4. The Kier molecular flexibility index (Phi) is 3.65. The second-order valence-corrected chi connectivity index (χ2v) is 3.65. The van der Waals surface area contributed by atoms with Gasteiger partial charge in [-0.3, -0.25) is 14.4 Å². The van der Waals surface area contributed by atoms with Crippen LogP contribution in [0.4, 0.5) is 0 Å². The van der Waals surface area contributed by atoms with E-state index in [2.05, 4.69) is 10.6 Å². The average Bonchev–Trinajstić information content (AvgIpc) is 2.29. The second kappa shape index (κ2) is 4.77. The number of amides is 3. The van der Waals surface area contributed by atoms with Crippen molar-refractivity contribution in [1.82, 2.24) is 15.5 Å². The zero-order valence-corrected chi connectivity index (χ0v) is 8.87. The predicted molar refractivity (Wildman–Crippen MR) is 52.9 cm³/mol. The summed E-state index contributed by atoms with van der Waals surface area (Å²) in [6.07, 6.45) is 0.267. The molecular formula is C9H15N3O3. The Labute approximate surface area is 88.0 Å². The number of carbonyl (C=O) groups is 3. The molecule has 0 saturated carbocycles. The molecule has 6 nitrogen and oxygen atoms in total. The largest absolute Gasteiger partial charge is 0.354 e. The molecule has 0 aromatic heterocycles. The summed E-state index contributed by atoms with van der Waals surface area (Å²) >= 11 is 0. The van der Waals surface area contributed by atoms with Crippen molar-refractivity contribution in [2.45, 2.75) is 18.9 Å². The molecular weight excluding hydrogens is 198 g/mol. The van der Waals surface area contributed by atoms with Crippen molar-refractivity contribution in [1.29, 1.82) is 0 Å². The maximum Gasteiger partial charge on any atom is 0.243 e. The average molecular weight is 213 g/mol. The molecule has 0 radical (unpaired) electrons. The molecule has 0 spiro atoms. The van der Waals surface area contributed by atoms with Gasteiger partial charge in [0, 0.05) is 27.1 Å². The summed E-state index contributed by atoms with van der Waals surface area (Å²) in [7, 11) is 3.22. The van der Waals surface area contributed by atoms with Gasteiger partial charge in [0.25, 0.3) is 0 Å². The first-order valence-electron chi connectivity index (χ1n) is 4.78. The van der Waals surface area contributed by atoms with Crippen LogP contribution in [0, 0.1) is 0 Å². The van der Waals surface area contributed by atoms with Crippen LogP contribution < -0.4 is 10.6 Å². The highest BCUT2D eigenvalue weighted by Gasteiger charge is 2.26. The number of hydrogen-bond donors (Lipinski definition) is 2. The summed E-state index contributed by atoms with van der Waals surface area (Å²) in [5, 5.41) is 5.09. The molecule has 0 aromatic rings. The summed E-state index contributed by atoms with van der Waals surface area (Å²) in [4.78, 5) is 35.3. The van der Waals surface area contributed by atoms with Crippen molar-refractivity contribution < 1.29 is 14.4 Å². The normalized spacial score (nSPS) is 21.3. The van der Waals surface area contributed by atoms with E-state index >= 15 is 0 Å². The standard InChI is InChI=1S/C9H15N3O3/c1-12(2)8(14)5-6-9(15)10-4-3-7(13)11-6/h6H,3-5H2,1-2H3,(H,10,15)(H,11,13)/t6-/m0/s1. The summed E-state index contributed by atoms with van der Waals surface area (Å²) in [6, 6.07) is -0.741. The van der Waals surface area contributed by atoms with Gasteiger partial charge < -0.3 is 15.5 Å². The third kappa shape index (κ3) is 3.23. The van der Waals surface area contributed by atoms with Gasteiger partial charge in [-0.15, -0.1) is 0 Å². The lowest BCUT2D eigenvalue weighted by Gasteiger charge is -2.16. The van der Waals surface area contributed by atoms with Crippen LogP contribution in [0.3, 0.4) is 0 Å². The minimum absolute atomic E-state index is 0.00454. The molecule has 1 heterocycles. The highest BCUT2D eigenvalue weighted by atomic mass is 16.2. The SMILES string of the molecule is CN(C)C(=O)C[C@@H]1NC(=O)CCNC1=O. The van der Waals surface area contributed by atoms with E-state index in [9.17, 15) is 14.4 Å². The zero-order valence-electron chi connectivity index (χ0n) is 8.87. The van der Waals surface area contributed by atoms with Gasteiger partial charge in [-0.05, 0) is 0 Å². The first kappa shape index (κ1) is 11.5. The maximum atomic E-state index is 11.4. The highest BCUT2D eigenvalue weighted by molar-refractivity contribution is 5.93. The van der Waals surface area contributed by atoms with Crippen molar-refractivity contribution in [3.8, 4) is 0 Å². The van der Waals surface area contributed by atoms with Gasteiger partial charge >= 0.3 is 0 Å². The van der Waals surface area contributed by atoms with E-state index < -0.39 is 6.04 Å². The molecule has 84 valence electrons. The van der Waals surface area contributed by atoms with Crippen LogP contribution >= 0.6 is 0 Å². The fraction of sp³-hybridized carbons (Fsp3) is 0.667. The van der Waals surface area contributed by atoms with Crippen LogP contribution in [-0.4, -0.2) is 49.3 Å². The van der Waals surface area contributed by atoms with Crippen molar-refractivity contribution in [2.24, 2.45) is 0 Å². The molecule has 0 aliphatic carbocycles. The Balaban J connectivity index is 2.61. The molecule has 1 fully saturated rings. The quantitative estimate of drug-likeness (QED) is 0.584. The van der Waals surface area contributed by atoms with Crippen molar-refractivity contribution in [3.63, 3.8) is 0 Å². The number of hydrogen-bond acceptors (Lipinski definition) is 3. The van der Waals surface area contributed by atoms with Crippen molar-refractivity contribution in [3.05, 3.63) is 0 Å². The Hall–Kier alpha value is -1.59. The number of nitrogens with one attached hydrogen (secondary N) is 2. The first-order chi connectivity index (χ1) is 7.00. The topological polar surface area (TPSA) is 78.5 Å². The van der Waals surface area contributed by atoms with Crippen LogP contribution in [0.25, 0.3) is 0 Å². The summed E-state index contributed by atoms with van der Waals surface area (Å²) in [5.41, 5.74) is 0. The van der Waals surface area contributed by atoms with Gasteiger partial charge in [-0.25, -0.2) is 0 Å². The Morgan fingerprint density at radius 1 is 1.47 bits per heavy atom. The molecule has 0 unspecified atom stereocenters. The van der Waals surface area contributed by atoms with E-state index in [4.69, 9.17) is 0 Å². The van der Waals surface area contributed by atoms with E-state index in [1.807, 2.05) is 0 Å². The van der Waals surface area contributed by atoms with Gasteiger partial charge in [0.2, 0.25) is 17.7 Å². The van der Waals surface area contributed by atoms with Gasteiger partial charge in [-0.1, -0.05) is 0 Å². The van der Waals surface area contributed by atoms with Gasteiger partial charge in [-0.2, -0.15) is 0 Å².